The molecule has 1 aliphatic rings. The topological polar surface area (TPSA) is 25.8 Å². The third-order valence-corrected chi connectivity index (χ3v) is 6.65. The van der Waals surface area contributed by atoms with Crippen LogP contribution in [0.5, 0.6) is 0 Å². The maximum atomic E-state index is 6.29. The molecule has 0 amide bonds. The Bertz CT molecular complexity index is 611. The van der Waals surface area contributed by atoms with E-state index in [9.17, 15) is 0 Å². The molecule has 0 atom stereocenters. The standard InChI is InChI=1S/C13H11BrClIN2S/c14-9-6-5-8(19-9)13-17-11(7-3-1-2-4-7)10(16)12(15)18-13/h5-7H,1-4H2. The van der Waals surface area contributed by atoms with E-state index in [2.05, 4.69) is 43.5 Å². The largest absolute Gasteiger partial charge is 0.231 e. The normalized spacial score (nSPS) is 16.2. The van der Waals surface area contributed by atoms with Crippen molar-refractivity contribution in [2.45, 2.75) is 31.6 Å². The van der Waals surface area contributed by atoms with Crippen molar-refractivity contribution >= 4 is 61.5 Å². The summed E-state index contributed by atoms with van der Waals surface area (Å²) >= 11 is 13.7. The molecule has 1 aliphatic carbocycles. The summed E-state index contributed by atoms with van der Waals surface area (Å²) in [5, 5.41) is 0.581. The number of rotatable bonds is 2. The van der Waals surface area contributed by atoms with Gasteiger partial charge in [0.2, 0.25) is 0 Å². The molecule has 2 nitrogen and oxygen atoms in total. The SMILES string of the molecule is Clc1nc(-c2ccc(Br)s2)nc(C2CCCC2)c1I. The van der Waals surface area contributed by atoms with Gasteiger partial charge < -0.3 is 0 Å². The average Bonchev–Trinajstić information content (AvgIpc) is 3.03. The molecule has 1 saturated carbocycles. The molecule has 0 saturated heterocycles. The van der Waals surface area contributed by atoms with E-state index < -0.39 is 0 Å². The number of aromatic nitrogens is 2. The van der Waals surface area contributed by atoms with E-state index in [-0.39, 0.29) is 0 Å². The highest BCUT2D eigenvalue weighted by Crippen LogP contribution is 2.38. The number of hydrogen-bond donors (Lipinski definition) is 0. The van der Waals surface area contributed by atoms with Gasteiger partial charge in [0.25, 0.3) is 0 Å². The molecule has 1 fully saturated rings. The summed E-state index contributed by atoms with van der Waals surface area (Å²) < 4.78 is 2.11. The van der Waals surface area contributed by atoms with Crippen molar-refractivity contribution in [3.8, 4) is 10.7 Å². The van der Waals surface area contributed by atoms with Gasteiger partial charge in [-0.15, -0.1) is 11.3 Å². The minimum absolute atomic E-state index is 0.551. The lowest BCUT2D eigenvalue weighted by Gasteiger charge is -2.12. The third kappa shape index (κ3) is 2.99. The molecule has 2 aromatic heterocycles. The van der Waals surface area contributed by atoms with Crippen LogP contribution in [0.25, 0.3) is 10.7 Å². The Morgan fingerprint density at radius 2 is 2.00 bits per heavy atom. The first-order valence-corrected chi connectivity index (χ1v) is 9.20. The molecule has 0 bridgehead atoms. The minimum atomic E-state index is 0.551. The van der Waals surface area contributed by atoms with Crippen LogP contribution in [0.3, 0.4) is 0 Å². The van der Waals surface area contributed by atoms with Crippen LogP contribution in [0.2, 0.25) is 5.15 Å². The van der Waals surface area contributed by atoms with Crippen molar-refractivity contribution in [2.24, 2.45) is 0 Å². The number of halogens is 3. The van der Waals surface area contributed by atoms with E-state index in [4.69, 9.17) is 16.6 Å². The molecule has 0 N–H and O–H groups in total. The summed E-state index contributed by atoms with van der Waals surface area (Å²) in [4.78, 5) is 10.3. The van der Waals surface area contributed by atoms with E-state index in [1.807, 2.05) is 12.1 Å². The molecule has 0 unspecified atom stereocenters. The summed E-state index contributed by atoms with van der Waals surface area (Å²) in [6, 6.07) is 4.05. The molecular weight excluding hydrogens is 458 g/mol. The van der Waals surface area contributed by atoms with Gasteiger partial charge in [-0.2, -0.15) is 0 Å². The monoisotopic (exact) mass is 468 g/mol. The van der Waals surface area contributed by atoms with Crippen molar-refractivity contribution in [3.05, 3.63) is 30.3 Å². The highest BCUT2D eigenvalue weighted by Gasteiger charge is 2.24. The first-order valence-electron chi connectivity index (χ1n) is 6.14. The zero-order valence-corrected chi connectivity index (χ0v) is 15.3. The van der Waals surface area contributed by atoms with Gasteiger partial charge in [0, 0.05) is 5.92 Å². The van der Waals surface area contributed by atoms with Gasteiger partial charge in [0.05, 0.1) is 17.9 Å². The molecule has 2 heterocycles. The Labute approximate surface area is 143 Å². The smallest absolute Gasteiger partial charge is 0.171 e. The molecular formula is C13H11BrClIN2S. The van der Waals surface area contributed by atoms with Gasteiger partial charge in [0.1, 0.15) is 5.15 Å². The minimum Gasteiger partial charge on any atom is -0.231 e. The average molecular weight is 470 g/mol. The third-order valence-electron chi connectivity index (χ3n) is 3.37. The second-order valence-corrected chi connectivity index (χ2v) is 8.52. The lowest BCUT2D eigenvalue weighted by molar-refractivity contribution is 0.690. The molecule has 100 valence electrons. The zero-order chi connectivity index (χ0) is 13.4. The van der Waals surface area contributed by atoms with Crippen LogP contribution in [-0.2, 0) is 0 Å². The summed E-state index contributed by atoms with van der Waals surface area (Å²) in [6.07, 6.45) is 5.03. The van der Waals surface area contributed by atoms with Crippen LogP contribution in [0, 0.1) is 3.57 Å². The summed E-state index contributed by atoms with van der Waals surface area (Å²) in [6.45, 7) is 0. The van der Waals surface area contributed by atoms with Gasteiger partial charge >= 0.3 is 0 Å². The van der Waals surface area contributed by atoms with E-state index in [1.165, 1.54) is 25.7 Å². The zero-order valence-electron chi connectivity index (χ0n) is 10.00. The maximum absolute atomic E-state index is 6.29. The van der Waals surface area contributed by atoms with Gasteiger partial charge in [0.15, 0.2) is 5.82 Å². The van der Waals surface area contributed by atoms with Crippen LogP contribution in [0.4, 0.5) is 0 Å². The van der Waals surface area contributed by atoms with E-state index in [0.29, 0.717) is 11.1 Å². The van der Waals surface area contributed by atoms with Crippen LogP contribution in [-0.4, -0.2) is 9.97 Å². The fraction of sp³-hybridized carbons (Fsp3) is 0.385. The molecule has 0 radical (unpaired) electrons. The molecule has 6 heteroatoms. The fourth-order valence-electron chi connectivity index (χ4n) is 2.45. The Kier molecular flexibility index (Phi) is 4.46. The number of hydrogen-bond acceptors (Lipinski definition) is 3. The molecule has 0 aromatic carbocycles. The number of nitrogens with zero attached hydrogens (tertiary/aromatic N) is 2. The van der Waals surface area contributed by atoms with Crippen LogP contribution in [0.1, 0.15) is 37.3 Å². The van der Waals surface area contributed by atoms with Crippen molar-refractivity contribution in [1.82, 2.24) is 9.97 Å². The number of thiophene rings is 1. The molecule has 19 heavy (non-hydrogen) atoms. The lowest BCUT2D eigenvalue weighted by Crippen LogP contribution is -2.04. The first kappa shape index (κ1) is 14.2. The predicted octanol–water partition coefficient (Wildman–Crippen LogP) is 5.88. The second-order valence-electron chi connectivity index (χ2n) is 4.62. The predicted molar refractivity (Wildman–Crippen MR) is 92.0 cm³/mol. The highest BCUT2D eigenvalue weighted by molar-refractivity contribution is 14.1. The molecule has 0 spiro atoms. The Morgan fingerprint density at radius 3 is 2.63 bits per heavy atom. The van der Waals surface area contributed by atoms with Crippen LogP contribution in [0.15, 0.2) is 15.9 Å². The van der Waals surface area contributed by atoms with E-state index in [1.54, 1.807) is 11.3 Å². The van der Waals surface area contributed by atoms with Crippen molar-refractivity contribution in [2.75, 3.05) is 0 Å². The summed E-state index contributed by atoms with van der Waals surface area (Å²) in [7, 11) is 0. The summed E-state index contributed by atoms with van der Waals surface area (Å²) in [5.74, 6) is 1.30. The van der Waals surface area contributed by atoms with Gasteiger partial charge in [-0.1, -0.05) is 24.4 Å². The molecule has 2 aromatic rings. The van der Waals surface area contributed by atoms with Crippen LogP contribution < -0.4 is 0 Å². The van der Waals surface area contributed by atoms with Gasteiger partial charge in [-0.3, -0.25) is 0 Å². The van der Waals surface area contributed by atoms with Crippen molar-refractivity contribution < 1.29 is 0 Å². The first-order chi connectivity index (χ1) is 9.15. The molecule has 3 rings (SSSR count). The summed E-state index contributed by atoms with van der Waals surface area (Å²) in [5.41, 5.74) is 1.14. The molecule has 0 aliphatic heterocycles. The van der Waals surface area contributed by atoms with Crippen LogP contribution >= 0.6 is 61.5 Å². The quantitative estimate of drug-likeness (QED) is 0.405. The van der Waals surface area contributed by atoms with Gasteiger partial charge in [-0.05, 0) is 63.5 Å². The second kappa shape index (κ2) is 5.95. The Morgan fingerprint density at radius 1 is 1.26 bits per heavy atom. The van der Waals surface area contributed by atoms with Crippen molar-refractivity contribution in [1.29, 1.82) is 0 Å². The fourth-order valence-corrected chi connectivity index (χ4v) is 4.63. The van der Waals surface area contributed by atoms with E-state index in [0.717, 1.165) is 23.8 Å². The maximum Gasteiger partial charge on any atom is 0.171 e. The lowest BCUT2D eigenvalue weighted by atomic mass is 10.0. The Hall–Kier alpha value is 0.280. The van der Waals surface area contributed by atoms with Gasteiger partial charge in [-0.25, -0.2) is 9.97 Å². The van der Waals surface area contributed by atoms with Crippen molar-refractivity contribution in [3.63, 3.8) is 0 Å². The highest BCUT2D eigenvalue weighted by atomic mass is 127. The Balaban J connectivity index is 2.06. The van der Waals surface area contributed by atoms with E-state index >= 15 is 0 Å².